The molecule has 2 rings (SSSR count). The van der Waals surface area contributed by atoms with Crippen LogP contribution in [0.3, 0.4) is 0 Å². The second kappa shape index (κ2) is 5.46. The molecule has 0 bridgehead atoms. The van der Waals surface area contributed by atoms with E-state index >= 15 is 0 Å². The first-order valence-corrected chi connectivity index (χ1v) is 5.67. The van der Waals surface area contributed by atoms with Crippen molar-refractivity contribution in [1.29, 1.82) is 5.26 Å². The highest BCUT2D eigenvalue weighted by atomic mass is 16.3. The molecule has 0 spiro atoms. The summed E-state index contributed by atoms with van der Waals surface area (Å²) in [5.41, 5.74) is 2.92. The molecule has 0 saturated carbocycles. The first-order valence-electron chi connectivity index (χ1n) is 5.67. The molecular formula is C13H15N3O. The van der Waals surface area contributed by atoms with Crippen molar-refractivity contribution in [2.24, 2.45) is 0 Å². The Morgan fingerprint density at radius 3 is 3.18 bits per heavy atom. The lowest BCUT2D eigenvalue weighted by Crippen LogP contribution is -2.18. The topological polar surface area (TPSA) is 53.1 Å². The third kappa shape index (κ3) is 3.05. The number of hydrogen-bond acceptors (Lipinski definition) is 4. The Kier molecular flexibility index (Phi) is 3.73. The van der Waals surface area contributed by atoms with Gasteiger partial charge in [-0.2, -0.15) is 5.26 Å². The molecule has 0 N–H and O–H groups in total. The van der Waals surface area contributed by atoms with Gasteiger partial charge in [-0.15, -0.1) is 0 Å². The van der Waals surface area contributed by atoms with Crippen LogP contribution in [0.1, 0.15) is 18.4 Å². The van der Waals surface area contributed by atoms with Crippen LogP contribution in [0.4, 0.5) is 0 Å². The Hall–Kier alpha value is -1.86. The fourth-order valence-corrected chi connectivity index (χ4v) is 1.82. The maximum absolute atomic E-state index is 8.48. The summed E-state index contributed by atoms with van der Waals surface area (Å²) in [7, 11) is 2.06. The molecule has 0 radical (unpaired) electrons. The van der Waals surface area contributed by atoms with E-state index in [2.05, 4.69) is 29.1 Å². The number of unbranched alkanes of at least 4 members (excludes halogenated alkanes) is 1. The molecule has 4 heteroatoms. The summed E-state index contributed by atoms with van der Waals surface area (Å²) in [6, 6.07) is 8.21. The van der Waals surface area contributed by atoms with Crippen LogP contribution in [-0.4, -0.2) is 23.5 Å². The first-order chi connectivity index (χ1) is 8.29. The summed E-state index contributed by atoms with van der Waals surface area (Å²) < 4.78 is 5.27. The summed E-state index contributed by atoms with van der Waals surface area (Å²) >= 11 is 0. The van der Waals surface area contributed by atoms with Crippen LogP contribution in [0.15, 0.2) is 29.0 Å². The zero-order valence-electron chi connectivity index (χ0n) is 9.89. The number of rotatable bonds is 5. The number of hydrogen-bond donors (Lipinski definition) is 0. The highest BCUT2D eigenvalue weighted by molar-refractivity contribution is 5.72. The van der Waals surface area contributed by atoms with E-state index in [-0.39, 0.29) is 0 Å². The molecule has 0 amide bonds. The maximum Gasteiger partial charge on any atom is 0.181 e. The van der Waals surface area contributed by atoms with E-state index in [1.165, 1.54) is 12.0 Å². The van der Waals surface area contributed by atoms with E-state index in [9.17, 15) is 0 Å². The van der Waals surface area contributed by atoms with Gasteiger partial charge in [0, 0.05) is 13.0 Å². The van der Waals surface area contributed by atoms with E-state index in [1.807, 2.05) is 12.1 Å². The number of oxazole rings is 1. The van der Waals surface area contributed by atoms with Gasteiger partial charge in [-0.05, 0) is 37.7 Å². The Balaban J connectivity index is 1.95. The number of aromatic nitrogens is 1. The van der Waals surface area contributed by atoms with Gasteiger partial charge in [0.15, 0.2) is 12.0 Å². The van der Waals surface area contributed by atoms with Crippen molar-refractivity contribution in [1.82, 2.24) is 9.88 Å². The molecule has 17 heavy (non-hydrogen) atoms. The summed E-state index contributed by atoms with van der Waals surface area (Å²) in [5, 5.41) is 8.48. The standard InChI is InChI=1S/C13H15N3O/c1-16(7-3-2-6-14)9-11-4-5-12-13(8-11)17-10-15-12/h4-5,8,10H,2-3,7,9H2,1H3. The molecule has 88 valence electrons. The Morgan fingerprint density at radius 1 is 1.47 bits per heavy atom. The normalized spacial score (nSPS) is 10.9. The Morgan fingerprint density at radius 2 is 2.35 bits per heavy atom. The van der Waals surface area contributed by atoms with Crippen LogP contribution in [0.2, 0.25) is 0 Å². The quantitative estimate of drug-likeness (QED) is 0.739. The lowest BCUT2D eigenvalue weighted by Gasteiger charge is -2.15. The monoisotopic (exact) mass is 229 g/mol. The van der Waals surface area contributed by atoms with E-state index in [0.29, 0.717) is 6.42 Å². The predicted molar refractivity (Wildman–Crippen MR) is 65.2 cm³/mol. The number of fused-ring (bicyclic) bond motifs is 1. The summed E-state index contributed by atoms with van der Waals surface area (Å²) in [5.74, 6) is 0. The maximum atomic E-state index is 8.48. The molecule has 0 saturated heterocycles. The van der Waals surface area contributed by atoms with Gasteiger partial charge in [-0.1, -0.05) is 6.07 Å². The average molecular weight is 229 g/mol. The van der Waals surface area contributed by atoms with Gasteiger partial charge in [0.2, 0.25) is 0 Å². The summed E-state index contributed by atoms with van der Waals surface area (Å²) in [6.45, 7) is 1.80. The van der Waals surface area contributed by atoms with E-state index in [1.54, 1.807) is 0 Å². The van der Waals surface area contributed by atoms with Crippen LogP contribution < -0.4 is 0 Å². The molecule has 0 aliphatic heterocycles. The smallest absolute Gasteiger partial charge is 0.181 e. The highest BCUT2D eigenvalue weighted by Crippen LogP contribution is 2.15. The second-order valence-electron chi connectivity index (χ2n) is 4.15. The van der Waals surface area contributed by atoms with Crippen molar-refractivity contribution in [2.45, 2.75) is 19.4 Å². The average Bonchev–Trinajstić information content (AvgIpc) is 2.76. The van der Waals surface area contributed by atoms with Crippen LogP contribution in [0.5, 0.6) is 0 Å². The number of nitriles is 1. The minimum absolute atomic E-state index is 0.617. The van der Waals surface area contributed by atoms with E-state index in [0.717, 1.165) is 30.6 Å². The van der Waals surface area contributed by atoms with Gasteiger partial charge in [0.1, 0.15) is 5.52 Å². The molecule has 0 atom stereocenters. The van der Waals surface area contributed by atoms with Crippen LogP contribution in [0, 0.1) is 11.3 Å². The Bertz CT molecular complexity index is 527. The van der Waals surface area contributed by atoms with Crippen LogP contribution >= 0.6 is 0 Å². The third-order valence-electron chi connectivity index (χ3n) is 2.68. The fraction of sp³-hybridized carbons (Fsp3) is 0.385. The zero-order valence-corrected chi connectivity index (χ0v) is 9.89. The molecule has 2 aromatic rings. The molecule has 0 fully saturated rings. The van der Waals surface area contributed by atoms with Gasteiger partial charge in [0.25, 0.3) is 0 Å². The molecule has 1 aromatic carbocycles. The molecular weight excluding hydrogens is 214 g/mol. The van der Waals surface area contributed by atoms with Gasteiger partial charge >= 0.3 is 0 Å². The Labute approximate surface area is 100 Å². The lowest BCUT2D eigenvalue weighted by atomic mass is 10.2. The van der Waals surface area contributed by atoms with Gasteiger partial charge in [-0.3, -0.25) is 0 Å². The van der Waals surface area contributed by atoms with Crippen molar-refractivity contribution in [2.75, 3.05) is 13.6 Å². The van der Waals surface area contributed by atoms with E-state index in [4.69, 9.17) is 9.68 Å². The zero-order chi connectivity index (χ0) is 12.1. The van der Waals surface area contributed by atoms with Gasteiger partial charge in [0.05, 0.1) is 6.07 Å². The predicted octanol–water partition coefficient (Wildman–Crippen LogP) is 2.56. The molecule has 1 aromatic heterocycles. The second-order valence-corrected chi connectivity index (χ2v) is 4.15. The molecule has 0 unspecified atom stereocenters. The first kappa shape index (κ1) is 11.6. The largest absolute Gasteiger partial charge is 0.443 e. The summed E-state index contributed by atoms with van der Waals surface area (Å²) in [4.78, 5) is 6.29. The SMILES string of the molecule is CN(CCCC#N)Cc1ccc2ncoc2c1. The molecule has 0 aliphatic rings. The van der Waals surface area contributed by atoms with Gasteiger partial charge in [-0.25, -0.2) is 4.98 Å². The molecule has 0 aliphatic carbocycles. The van der Waals surface area contributed by atoms with Crippen molar-refractivity contribution in [3.05, 3.63) is 30.2 Å². The van der Waals surface area contributed by atoms with Crippen molar-refractivity contribution in [3.8, 4) is 6.07 Å². The van der Waals surface area contributed by atoms with Crippen molar-refractivity contribution < 1.29 is 4.42 Å². The van der Waals surface area contributed by atoms with Crippen molar-refractivity contribution in [3.63, 3.8) is 0 Å². The van der Waals surface area contributed by atoms with Crippen LogP contribution in [0.25, 0.3) is 11.1 Å². The number of nitrogens with zero attached hydrogens (tertiary/aromatic N) is 3. The third-order valence-corrected chi connectivity index (χ3v) is 2.68. The summed E-state index contributed by atoms with van der Waals surface area (Å²) in [6.07, 6.45) is 2.99. The molecule has 1 heterocycles. The van der Waals surface area contributed by atoms with E-state index < -0.39 is 0 Å². The van der Waals surface area contributed by atoms with Crippen LogP contribution in [-0.2, 0) is 6.54 Å². The van der Waals surface area contributed by atoms with Gasteiger partial charge < -0.3 is 9.32 Å². The lowest BCUT2D eigenvalue weighted by molar-refractivity contribution is 0.323. The number of benzene rings is 1. The fourth-order valence-electron chi connectivity index (χ4n) is 1.82. The minimum Gasteiger partial charge on any atom is -0.443 e. The van der Waals surface area contributed by atoms with Crippen molar-refractivity contribution >= 4 is 11.1 Å². The molecule has 4 nitrogen and oxygen atoms in total. The highest BCUT2D eigenvalue weighted by Gasteiger charge is 2.03. The minimum atomic E-state index is 0.617.